The molecule has 1 aliphatic rings. The van der Waals surface area contributed by atoms with Gasteiger partial charge in [0.1, 0.15) is 0 Å². The SMILES string of the molecule is CC1(C)OB(c2ccc(-c3cccc(-c4cccc(-c5ccccc5)c4)c3)cc2)OC1(C)C.Clc1cccc(-c2cccc(-n3c4ccccc4c4ccc(-n5c6ccccc6c6ccccc65)cc43)c2)c1.c1ccc(-c2cccc(-c3cccc(-c4ccc(-c5cccc(-c6cccc(-n7c8ccccc8c8ccc(-n9c%10ccccc%10c%10ccccc%109)cc87)c6)c5)cc4)c3)c2)cc1. The first-order chi connectivity index (χ1) is 65.8. The summed E-state index contributed by atoms with van der Waals surface area (Å²) < 4.78 is 22.0. The van der Waals surface area contributed by atoms with Crippen LogP contribution in [0.1, 0.15) is 27.7 Å². The Bertz CT molecular complexity index is 8470. The van der Waals surface area contributed by atoms with Gasteiger partial charge in [0.15, 0.2) is 0 Å². The van der Waals surface area contributed by atoms with Crippen LogP contribution in [0.25, 0.3) is 210 Å². The van der Waals surface area contributed by atoms with Gasteiger partial charge in [0.25, 0.3) is 0 Å². The van der Waals surface area contributed by atoms with Gasteiger partial charge in [0.05, 0.1) is 55.3 Å². The molecule has 0 spiro atoms. The number of aromatic nitrogens is 4. The van der Waals surface area contributed by atoms with Gasteiger partial charge in [-0.2, -0.15) is 0 Å². The molecule has 0 N–H and O–H groups in total. The minimum atomic E-state index is -0.337. The normalized spacial score (nSPS) is 12.9. The Morgan fingerprint density at radius 3 is 0.679 bits per heavy atom. The van der Waals surface area contributed by atoms with Crippen LogP contribution < -0.4 is 5.46 Å². The second kappa shape index (κ2) is 34.6. The lowest BCUT2D eigenvalue weighted by Gasteiger charge is -2.32. The second-order valence-corrected chi connectivity index (χ2v) is 36.3. The largest absolute Gasteiger partial charge is 0.494 e. The first-order valence-corrected chi connectivity index (χ1v) is 46.4. The maximum Gasteiger partial charge on any atom is 0.494 e. The van der Waals surface area contributed by atoms with Crippen molar-refractivity contribution in [3.05, 3.63) is 490 Å². The fourth-order valence-corrected chi connectivity index (χ4v) is 20.0. The molecule has 25 rings (SSSR count). The quantitative estimate of drug-likeness (QED) is 0.102. The average Bonchev–Trinajstić information content (AvgIpc) is 1.57. The smallest absolute Gasteiger partial charge is 0.399 e. The first kappa shape index (κ1) is 82.3. The van der Waals surface area contributed by atoms with Crippen molar-refractivity contribution in [3.63, 3.8) is 0 Å². The minimum Gasteiger partial charge on any atom is -0.399 e. The molecule has 0 bridgehead atoms. The van der Waals surface area contributed by atoms with E-state index in [1.54, 1.807) is 0 Å². The van der Waals surface area contributed by atoms with Crippen LogP contribution in [-0.4, -0.2) is 36.6 Å². The Morgan fingerprint density at radius 2 is 0.381 bits per heavy atom. The van der Waals surface area contributed by atoms with Crippen molar-refractivity contribution in [2.75, 3.05) is 0 Å². The Morgan fingerprint density at radius 1 is 0.172 bits per heavy atom. The van der Waals surface area contributed by atoms with Crippen LogP contribution in [0.15, 0.2) is 485 Å². The predicted molar refractivity (Wildman–Crippen MR) is 566 cm³/mol. The van der Waals surface area contributed by atoms with Crippen molar-refractivity contribution >= 4 is 111 Å². The van der Waals surface area contributed by atoms with Gasteiger partial charge in [-0.25, -0.2) is 0 Å². The van der Waals surface area contributed by atoms with Gasteiger partial charge in [0, 0.05) is 70.9 Å². The predicted octanol–water partition coefficient (Wildman–Crippen LogP) is 33.4. The molecule has 1 saturated heterocycles. The zero-order chi connectivity index (χ0) is 90.0. The number of halogens is 1. The summed E-state index contributed by atoms with van der Waals surface area (Å²) in [7, 11) is -0.337. The van der Waals surface area contributed by atoms with Crippen molar-refractivity contribution in [1.82, 2.24) is 18.3 Å². The lowest BCUT2D eigenvalue weighted by Crippen LogP contribution is -2.41. The van der Waals surface area contributed by atoms with Crippen LogP contribution in [-0.2, 0) is 9.31 Å². The summed E-state index contributed by atoms with van der Waals surface area (Å²) in [6.07, 6.45) is 0. The highest BCUT2D eigenvalue weighted by atomic mass is 35.5. The van der Waals surface area contributed by atoms with E-state index in [4.69, 9.17) is 20.9 Å². The molecule has 638 valence electrons. The summed E-state index contributed by atoms with van der Waals surface area (Å²) >= 11 is 6.33. The van der Waals surface area contributed by atoms with Gasteiger partial charge in [-0.3, -0.25) is 0 Å². The van der Waals surface area contributed by atoms with E-state index in [2.05, 4.69) is 513 Å². The number of hydrogen-bond donors (Lipinski definition) is 0. The lowest BCUT2D eigenvalue weighted by molar-refractivity contribution is 0.00578. The maximum atomic E-state index is 6.33. The third-order valence-electron chi connectivity index (χ3n) is 27.2. The van der Waals surface area contributed by atoms with E-state index in [1.165, 1.54) is 176 Å². The van der Waals surface area contributed by atoms with E-state index in [1.807, 2.05) is 18.2 Å². The Balaban J connectivity index is 0.000000121. The van der Waals surface area contributed by atoms with Crippen molar-refractivity contribution in [3.8, 4) is 123 Å². The third kappa shape index (κ3) is 15.4. The topological polar surface area (TPSA) is 38.2 Å². The van der Waals surface area contributed by atoms with Gasteiger partial charge in [-0.05, 0) is 261 Å². The third-order valence-corrected chi connectivity index (χ3v) is 27.4. The summed E-state index contributed by atoms with van der Waals surface area (Å²) in [5, 5.41) is 10.8. The number of benzene rings is 20. The molecular weight excluding hydrogens is 1650 g/mol. The summed E-state index contributed by atoms with van der Waals surface area (Å²) in [4.78, 5) is 0. The molecule has 0 atom stereocenters. The van der Waals surface area contributed by atoms with Gasteiger partial charge in [-0.15, -0.1) is 0 Å². The molecule has 6 nitrogen and oxygen atoms in total. The Labute approximate surface area is 785 Å². The molecule has 0 unspecified atom stereocenters. The summed E-state index contributed by atoms with van der Waals surface area (Å²) in [5.74, 6) is 0. The van der Waals surface area contributed by atoms with Gasteiger partial charge < -0.3 is 27.6 Å². The molecule has 0 saturated carbocycles. The Hall–Kier alpha value is -16.1. The second-order valence-electron chi connectivity index (χ2n) is 35.9. The van der Waals surface area contributed by atoms with Crippen molar-refractivity contribution in [2.45, 2.75) is 38.9 Å². The first-order valence-electron chi connectivity index (χ1n) is 46.0. The molecule has 4 aromatic heterocycles. The Kier molecular flexibility index (Phi) is 21.3. The van der Waals surface area contributed by atoms with Crippen molar-refractivity contribution in [2.24, 2.45) is 0 Å². The van der Waals surface area contributed by atoms with E-state index in [0.717, 1.165) is 44.4 Å². The maximum absolute atomic E-state index is 6.33. The standard InChI is InChI=1S/C60H40N2.C36H23ClN2.C30H29BO2/c1-2-14-41(15-3-1)44-16-10-19-47(36-44)48-20-11-17-45(37-48)42-30-32-43(33-31-42)46-18-12-21-49(38-46)50-22-13-23-51(39-50)62-59-29-9-6-26-55(59)56-35-34-52(40-60(56)62)61-57-27-7-4-24-53(57)54-25-5-8-28-58(54)61;37-26-11-7-9-24(21-26)25-10-8-12-27(22-25)39-35-18-6-3-15-31(35)32-20-19-28(23-36(32)39)38-33-16-4-1-13-29(33)30-14-2-5-17-34(30)38;1-29(2)30(3,4)33-31(32-29)28-18-16-23(17-19-28)25-13-9-15-27(21-25)26-14-8-12-24(20-26)22-10-6-5-7-11-22/h1-40H;1-23H;5-21H,1-4H3. The monoisotopic (exact) mass is 1740 g/mol. The number of rotatable bonds is 14. The van der Waals surface area contributed by atoms with Crippen LogP contribution in [0.5, 0.6) is 0 Å². The van der Waals surface area contributed by atoms with Crippen LogP contribution in [0.2, 0.25) is 5.02 Å². The molecule has 0 aliphatic carbocycles. The van der Waals surface area contributed by atoms with Gasteiger partial charge in [-0.1, -0.05) is 370 Å². The highest BCUT2D eigenvalue weighted by molar-refractivity contribution is 6.62. The highest BCUT2D eigenvalue weighted by Crippen LogP contribution is 2.44. The molecular formula is C126H92BClN4O2. The average molecular weight is 1740 g/mol. The van der Waals surface area contributed by atoms with Crippen molar-refractivity contribution in [1.29, 1.82) is 0 Å². The number of hydrogen-bond acceptors (Lipinski definition) is 2. The molecule has 8 heteroatoms. The summed E-state index contributed by atoms with van der Waals surface area (Å²) in [6.45, 7) is 8.33. The number of fused-ring (bicyclic) bond motifs is 12. The minimum absolute atomic E-state index is 0.334. The lowest BCUT2D eigenvalue weighted by atomic mass is 9.78. The van der Waals surface area contributed by atoms with E-state index >= 15 is 0 Å². The van der Waals surface area contributed by atoms with E-state index < -0.39 is 0 Å². The molecule has 134 heavy (non-hydrogen) atoms. The molecule has 0 radical (unpaired) electrons. The molecule has 0 amide bonds. The molecule has 5 heterocycles. The molecule has 20 aromatic carbocycles. The van der Waals surface area contributed by atoms with Crippen LogP contribution in [0.3, 0.4) is 0 Å². The van der Waals surface area contributed by atoms with E-state index in [0.29, 0.717) is 0 Å². The number of nitrogens with zero attached hydrogens (tertiary/aromatic N) is 4. The zero-order valence-electron chi connectivity index (χ0n) is 74.7. The van der Waals surface area contributed by atoms with Crippen molar-refractivity contribution < 1.29 is 9.31 Å². The molecule has 24 aromatic rings. The van der Waals surface area contributed by atoms with Crippen LogP contribution in [0.4, 0.5) is 0 Å². The summed E-state index contributed by atoms with van der Waals surface area (Å²) in [6, 6.07) is 174. The van der Waals surface area contributed by atoms with Crippen LogP contribution in [0, 0.1) is 0 Å². The van der Waals surface area contributed by atoms with Crippen LogP contribution >= 0.6 is 11.6 Å². The van der Waals surface area contributed by atoms with Gasteiger partial charge >= 0.3 is 7.12 Å². The molecule has 1 fully saturated rings. The van der Waals surface area contributed by atoms with E-state index in [9.17, 15) is 0 Å². The zero-order valence-corrected chi connectivity index (χ0v) is 75.5. The van der Waals surface area contributed by atoms with E-state index in [-0.39, 0.29) is 18.3 Å². The molecule has 1 aliphatic heterocycles. The highest BCUT2D eigenvalue weighted by Gasteiger charge is 2.51. The van der Waals surface area contributed by atoms with Gasteiger partial charge in [0.2, 0.25) is 0 Å². The fraction of sp³-hybridized carbons (Fsp3) is 0.0476. The fourth-order valence-electron chi connectivity index (χ4n) is 19.8. The number of para-hydroxylation sites is 6. The summed E-state index contributed by atoms with van der Waals surface area (Å²) in [5.41, 5.74) is 36.1.